The van der Waals surface area contributed by atoms with Gasteiger partial charge in [0.1, 0.15) is 0 Å². The number of hydrogen-bond donors (Lipinski definition) is 2. The van der Waals surface area contributed by atoms with Gasteiger partial charge in [0, 0.05) is 28.1 Å². The number of hydrogen-bond acceptors (Lipinski definition) is 2. The highest BCUT2D eigenvalue weighted by molar-refractivity contribution is 6.07. The van der Waals surface area contributed by atoms with E-state index in [1.807, 2.05) is 56.3 Å². The first kappa shape index (κ1) is 16.1. The number of aryl methyl sites for hydroxylation is 2. The lowest BCUT2D eigenvalue weighted by Gasteiger charge is -2.06. The number of carbonyl (C=O) groups excluding carboxylic acids is 1. The van der Waals surface area contributed by atoms with Crippen LogP contribution in [-0.2, 0) is 4.79 Å². The summed E-state index contributed by atoms with van der Waals surface area (Å²) < 4.78 is 0. The Morgan fingerprint density at radius 3 is 2.73 bits per heavy atom. The molecule has 0 bridgehead atoms. The summed E-state index contributed by atoms with van der Waals surface area (Å²) in [5.41, 5.74) is 5.86. The average molecular weight is 341 g/mol. The van der Waals surface area contributed by atoms with E-state index in [0.29, 0.717) is 0 Å². The van der Waals surface area contributed by atoms with Gasteiger partial charge in [-0.05, 0) is 43.7 Å². The standard InChI is InChI=1S/C22H19N3O/c1-14-7-9-19(15(2)11-14)25-22(26)10-8-16-12-18-17-5-3-4-6-20(17)24-21(18)13-23-16/h3-13,24H,1-2H3,(H,25,26)/b10-8+. The molecule has 0 aliphatic rings. The first-order chi connectivity index (χ1) is 12.6. The molecule has 26 heavy (non-hydrogen) atoms. The largest absolute Gasteiger partial charge is 0.353 e. The van der Waals surface area contributed by atoms with Gasteiger partial charge in [-0.1, -0.05) is 35.9 Å². The summed E-state index contributed by atoms with van der Waals surface area (Å²) in [6.45, 7) is 4.02. The topological polar surface area (TPSA) is 57.8 Å². The van der Waals surface area contributed by atoms with E-state index >= 15 is 0 Å². The Kier molecular flexibility index (Phi) is 4.01. The Morgan fingerprint density at radius 1 is 1.04 bits per heavy atom. The Morgan fingerprint density at radius 2 is 1.88 bits per heavy atom. The lowest BCUT2D eigenvalue weighted by Crippen LogP contribution is -2.09. The first-order valence-electron chi connectivity index (χ1n) is 8.53. The molecule has 0 aliphatic heterocycles. The number of carbonyl (C=O) groups is 1. The molecule has 4 heteroatoms. The highest BCUT2D eigenvalue weighted by atomic mass is 16.1. The quantitative estimate of drug-likeness (QED) is 0.516. The molecule has 1 amide bonds. The van der Waals surface area contributed by atoms with Crippen molar-refractivity contribution < 1.29 is 4.79 Å². The van der Waals surface area contributed by atoms with E-state index in [1.54, 1.807) is 12.3 Å². The van der Waals surface area contributed by atoms with Gasteiger partial charge < -0.3 is 10.3 Å². The van der Waals surface area contributed by atoms with E-state index in [1.165, 1.54) is 11.6 Å². The molecule has 0 saturated carbocycles. The maximum Gasteiger partial charge on any atom is 0.248 e. The van der Waals surface area contributed by atoms with E-state index in [-0.39, 0.29) is 5.91 Å². The number of H-pyrrole nitrogens is 1. The van der Waals surface area contributed by atoms with E-state index < -0.39 is 0 Å². The lowest BCUT2D eigenvalue weighted by molar-refractivity contribution is -0.111. The molecule has 2 aromatic carbocycles. The minimum atomic E-state index is -0.169. The number of aromatic amines is 1. The van der Waals surface area contributed by atoms with Gasteiger partial charge in [-0.15, -0.1) is 0 Å². The molecule has 0 aliphatic carbocycles. The van der Waals surface area contributed by atoms with Crippen molar-refractivity contribution in [3.05, 3.63) is 77.6 Å². The average Bonchev–Trinajstić information content (AvgIpc) is 3.00. The molecule has 0 atom stereocenters. The van der Waals surface area contributed by atoms with Gasteiger partial charge in [0.15, 0.2) is 0 Å². The third-order valence-electron chi connectivity index (χ3n) is 4.46. The van der Waals surface area contributed by atoms with Crippen molar-refractivity contribution in [3.8, 4) is 0 Å². The summed E-state index contributed by atoms with van der Waals surface area (Å²) in [5, 5.41) is 5.16. The van der Waals surface area contributed by atoms with Gasteiger partial charge >= 0.3 is 0 Å². The molecule has 4 rings (SSSR count). The van der Waals surface area contributed by atoms with E-state index in [9.17, 15) is 4.79 Å². The van der Waals surface area contributed by atoms with E-state index in [2.05, 4.69) is 21.4 Å². The normalized spacial score (nSPS) is 11.5. The number of pyridine rings is 1. The first-order valence-corrected chi connectivity index (χ1v) is 8.53. The number of benzene rings is 2. The Labute approximate surface area is 151 Å². The zero-order chi connectivity index (χ0) is 18.1. The third kappa shape index (κ3) is 3.09. The predicted molar refractivity (Wildman–Crippen MR) is 107 cm³/mol. The van der Waals surface area contributed by atoms with Crippen LogP contribution in [0.15, 0.2) is 60.8 Å². The van der Waals surface area contributed by atoms with Crippen molar-refractivity contribution in [3.63, 3.8) is 0 Å². The van der Waals surface area contributed by atoms with Crippen LogP contribution in [0.3, 0.4) is 0 Å². The lowest BCUT2D eigenvalue weighted by atomic mass is 10.1. The van der Waals surface area contributed by atoms with Crippen molar-refractivity contribution >= 4 is 39.5 Å². The van der Waals surface area contributed by atoms with Crippen LogP contribution in [0.25, 0.3) is 27.9 Å². The zero-order valence-electron chi connectivity index (χ0n) is 14.7. The highest BCUT2D eigenvalue weighted by Gasteiger charge is 2.05. The summed E-state index contributed by atoms with van der Waals surface area (Å²) >= 11 is 0. The number of anilines is 1. The second-order valence-electron chi connectivity index (χ2n) is 6.47. The predicted octanol–water partition coefficient (Wildman–Crippen LogP) is 4.98. The van der Waals surface area contributed by atoms with Crippen LogP contribution < -0.4 is 5.32 Å². The van der Waals surface area contributed by atoms with E-state index in [0.717, 1.165) is 38.8 Å². The van der Waals surface area contributed by atoms with Crippen LogP contribution in [0.5, 0.6) is 0 Å². The van der Waals surface area contributed by atoms with Gasteiger partial charge in [0.25, 0.3) is 0 Å². The van der Waals surface area contributed by atoms with Crippen LogP contribution >= 0.6 is 0 Å². The van der Waals surface area contributed by atoms with Gasteiger partial charge in [-0.2, -0.15) is 0 Å². The summed E-state index contributed by atoms with van der Waals surface area (Å²) in [6, 6.07) is 16.1. The minimum Gasteiger partial charge on any atom is -0.353 e. The monoisotopic (exact) mass is 341 g/mol. The Balaban J connectivity index is 1.57. The summed E-state index contributed by atoms with van der Waals surface area (Å²) in [4.78, 5) is 20.0. The van der Waals surface area contributed by atoms with Crippen LogP contribution in [0, 0.1) is 13.8 Å². The fourth-order valence-corrected chi connectivity index (χ4v) is 3.15. The second kappa shape index (κ2) is 6.48. The Bertz CT molecular complexity index is 1150. The molecule has 128 valence electrons. The van der Waals surface area contributed by atoms with Crippen LogP contribution in [0.2, 0.25) is 0 Å². The third-order valence-corrected chi connectivity index (χ3v) is 4.46. The molecular weight excluding hydrogens is 322 g/mol. The summed E-state index contributed by atoms with van der Waals surface area (Å²) in [5.74, 6) is -0.169. The van der Waals surface area contributed by atoms with E-state index in [4.69, 9.17) is 0 Å². The molecule has 0 fully saturated rings. The van der Waals surface area contributed by atoms with Gasteiger partial charge in [-0.3, -0.25) is 9.78 Å². The fraction of sp³-hybridized carbons (Fsp3) is 0.0909. The Hall–Kier alpha value is -3.40. The fourth-order valence-electron chi connectivity index (χ4n) is 3.15. The number of fused-ring (bicyclic) bond motifs is 3. The molecule has 0 saturated heterocycles. The maximum absolute atomic E-state index is 12.2. The minimum absolute atomic E-state index is 0.169. The maximum atomic E-state index is 12.2. The van der Waals surface area contributed by atoms with Crippen molar-refractivity contribution in [1.82, 2.24) is 9.97 Å². The molecule has 0 unspecified atom stereocenters. The second-order valence-corrected chi connectivity index (χ2v) is 6.47. The smallest absolute Gasteiger partial charge is 0.248 e. The number of nitrogens with one attached hydrogen (secondary N) is 2. The van der Waals surface area contributed by atoms with Crippen LogP contribution in [0.1, 0.15) is 16.8 Å². The highest BCUT2D eigenvalue weighted by Crippen LogP contribution is 2.25. The number of rotatable bonds is 3. The van der Waals surface area contributed by atoms with Crippen molar-refractivity contribution in [1.29, 1.82) is 0 Å². The van der Waals surface area contributed by atoms with Gasteiger partial charge in [-0.25, -0.2) is 0 Å². The molecular formula is C22H19N3O. The molecule has 4 aromatic rings. The van der Waals surface area contributed by atoms with Crippen LogP contribution in [-0.4, -0.2) is 15.9 Å². The van der Waals surface area contributed by atoms with Crippen molar-refractivity contribution in [2.45, 2.75) is 13.8 Å². The molecule has 2 heterocycles. The molecule has 2 aromatic heterocycles. The summed E-state index contributed by atoms with van der Waals surface area (Å²) in [6.07, 6.45) is 5.05. The van der Waals surface area contributed by atoms with Crippen molar-refractivity contribution in [2.24, 2.45) is 0 Å². The SMILES string of the molecule is Cc1ccc(NC(=O)/C=C/c2cc3c(cn2)[nH]c2ccccc23)c(C)c1. The molecule has 0 spiro atoms. The van der Waals surface area contributed by atoms with Crippen molar-refractivity contribution in [2.75, 3.05) is 5.32 Å². The zero-order valence-corrected chi connectivity index (χ0v) is 14.7. The number of amides is 1. The number of nitrogens with zero attached hydrogens (tertiary/aromatic N) is 1. The molecule has 2 N–H and O–H groups in total. The molecule has 4 nitrogen and oxygen atoms in total. The van der Waals surface area contributed by atoms with Crippen LogP contribution in [0.4, 0.5) is 5.69 Å². The molecule has 0 radical (unpaired) electrons. The number of aromatic nitrogens is 2. The number of para-hydroxylation sites is 1. The van der Waals surface area contributed by atoms with Gasteiger partial charge in [0.05, 0.1) is 17.4 Å². The van der Waals surface area contributed by atoms with Gasteiger partial charge in [0.2, 0.25) is 5.91 Å². The summed E-state index contributed by atoms with van der Waals surface area (Å²) in [7, 11) is 0.